The number of hydrogen-bond acceptors (Lipinski definition) is 4. The summed E-state index contributed by atoms with van der Waals surface area (Å²) in [6, 6.07) is 13.2. The molecule has 150 valence electrons. The largest absolute Gasteiger partial charge is 0.307 e. The molecule has 1 amide bonds. The van der Waals surface area contributed by atoms with Crippen LogP contribution in [0.2, 0.25) is 0 Å². The molecule has 3 aromatic rings. The number of para-hydroxylation sites is 1. The lowest BCUT2D eigenvalue weighted by Gasteiger charge is -2.28. The minimum atomic E-state index is -0.420. The first kappa shape index (κ1) is 19.3. The summed E-state index contributed by atoms with van der Waals surface area (Å²) >= 11 is 0. The number of aromatic nitrogens is 3. The first-order valence-electron chi connectivity index (χ1n) is 9.71. The van der Waals surface area contributed by atoms with Gasteiger partial charge in [-0.2, -0.15) is 9.49 Å². The second-order valence-corrected chi connectivity index (χ2v) is 7.35. The Hall–Kier alpha value is -3.06. The van der Waals surface area contributed by atoms with E-state index < -0.39 is 5.95 Å². The van der Waals surface area contributed by atoms with E-state index in [0.717, 1.165) is 29.9 Å². The number of aryl methyl sites for hydroxylation is 1. The van der Waals surface area contributed by atoms with Crippen LogP contribution in [-0.4, -0.2) is 32.1 Å². The molecule has 0 radical (unpaired) electrons. The summed E-state index contributed by atoms with van der Waals surface area (Å²) in [4.78, 5) is 20.0. The monoisotopic (exact) mass is 393 g/mol. The van der Waals surface area contributed by atoms with Crippen LogP contribution in [0.4, 0.5) is 10.1 Å². The summed E-state index contributed by atoms with van der Waals surface area (Å²) in [5.41, 5.74) is 4.64. The molecule has 2 aromatic heterocycles. The van der Waals surface area contributed by atoms with E-state index in [1.807, 2.05) is 42.1 Å². The van der Waals surface area contributed by atoms with E-state index in [-0.39, 0.29) is 5.91 Å². The van der Waals surface area contributed by atoms with Crippen molar-refractivity contribution in [3.63, 3.8) is 0 Å². The van der Waals surface area contributed by atoms with E-state index in [1.54, 1.807) is 24.0 Å². The number of rotatable bonds is 5. The molecule has 4 rings (SSSR count). The van der Waals surface area contributed by atoms with Gasteiger partial charge in [-0.1, -0.05) is 24.3 Å². The second-order valence-electron chi connectivity index (χ2n) is 7.35. The van der Waals surface area contributed by atoms with Gasteiger partial charge < -0.3 is 4.90 Å². The Labute approximate surface area is 169 Å². The van der Waals surface area contributed by atoms with Crippen LogP contribution in [0.3, 0.4) is 0 Å². The number of carbonyl (C=O) groups is 1. The number of amides is 1. The van der Waals surface area contributed by atoms with E-state index in [4.69, 9.17) is 5.10 Å². The van der Waals surface area contributed by atoms with Crippen molar-refractivity contribution in [1.29, 1.82) is 0 Å². The highest BCUT2D eigenvalue weighted by Gasteiger charge is 2.26. The van der Waals surface area contributed by atoms with Gasteiger partial charge >= 0.3 is 0 Å². The number of halogens is 1. The summed E-state index contributed by atoms with van der Waals surface area (Å²) in [6.45, 7) is 3.99. The predicted octanol–water partition coefficient (Wildman–Crippen LogP) is 3.07. The number of pyridine rings is 1. The maximum atomic E-state index is 14.0. The summed E-state index contributed by atoms with van der Waals surface area (Å²) in [5, 5.41) is 4.71. The summed E-state index contributed by atoms with van der Waals surface area (Å²) in [6.07, 6.45) is 2.30. The lowest BCUT2D eigenvalue weighted by molar-refractivity contribution is -0.116. The quantitative estimate of drug-likeness (QED) is 0.625. The fraction of sp³-hybridized carbons (Fsp3) is 0.318. The van der Waals surface area contributed by atoms with Crippen molar-refractivity contribution in [2.24, 2.45) is 7.05 Å². The van der Waals surface area contributed by atoms with E-state index in [9.17, 15) is 9.18 Å². The van der Waals surface area contributed by atoms with Crippen molar-refractivity contribution >= 4 is 11.6 Å². The molecule has 0 bridgehead atoms. The fourth-order valence-corrected chi connectivity index (χ4v) is 3.91. The predicted molar refractivity (Wildman–Crippen MR) is 109 cm³/mol. The van der Waals surface area contributed by atoms with Gasteiger partial charge in [-0.15, -0.1) is 0 Å². The highest BCUT2D eigenvalue weighted by atomic mass is 19.1. The molecule has 0 saturated carbocycles. The standard InChI is InChI=1S/C22H24FN5O/c1-16(29)28(18-8-4-3-5-9-18)15-20-19-14-27(12-10-21(19)26(2)25-20)13-17-7-6-11-24-22(17)23/h3-9,11H,10,12-15H2,1-2H3. The summed E-state index contributed by atoms with van der Waals surface area (Å²) in [5.74, 6) is -0.447. The van der Waals surface area contributed by atoms with Gasteiger partial charge in [-0.3, -0.25) is 14.4 Å². The smallest absolute Gasteiger partial charge is 0.224 e. The topological polar surface area (TPSA) is 54.3 Å². The highest BCUT2D eigenvalue weighted by Crippen LogP contribution is 2.26. The molecule has 1 aliphatic rings. The number of nitrogens with zero attached hydrogens (tertiary/aromatic N) is 5. The number of benzene rings is 1. The number of carbonyl (C=O) groups excluding carboxylic acids is 1. The first-order valence-corrected chi connectivity index (χ1v) is 9.71. The third-order valence-corrected chi connectivity index (χ3v) is 5.39. The Kier molecular flexibility index (Phi) is 5.40. The molecule has 0 atom stereocenters. The Bertz CT molecular complexity index is 1020. The second kappa shape index (κ2) is 8.13. The third kappa shape index (κ3) is 4.05. The average Bonchev–Trinajstić information content (AvgIpc) is 3.03. The maximum Gasteiger partial charge on any atom is 0.224 e. The molecule has 0 N–H and O–H groups in total. The Morgan fingerprint density at radius 1 is 1.21 bits per heavy atom. The van der Waals surface area contributed by atoms with Gasteiger partial charge in [0.05, 0.1) is 12.2 Å². The lowest BCUT2D eigenvalue weighted by Crippen LogP contribution is -2.32. The minimum absolute atomic E-state index is 0.0271. The molecule has 0 saturated heterocycles. The highest BCUT2D eigenvalue weighted by molar-refractivity contribution is 5.91. The molecule has 0 aliphatic carbocycles. The average molecular weight is 393 g/mol. The minimum Gasteiger partial charge on any atom is -0.307 e. The molecule has 7 heteroatoms. The zero-order chi connectivity index (χ0) is 20.4. The van der Waals surface area contributed by atoms with Gasteiger partial charge in [-0.05, 0) is 18.2 Å². The van der Waals surface area contributed by atoms with Crippen molar-refractivity contribution in [2.45, 2.75) is 33.0 Å². The normalized spacial score (nSPS) is 13.9. The van der Waals surface area contributed by atoms with E-state index >= 15 is 0 Å². The van der Waals surface area contributed by atoms with Gasteiger partial charge in [0.15, 0.2) is 0 Å². The van der Waals surface area contributed by atoms with Crippen molar-refractivity contribution in [3.8, 4) is 0 Å². The summed E-state index contributed by atoms with van der Waals surface area (Å²) < 4.78 is 15.9. The zero-order valence-electron chi connectivity index (χ0n) is 16.7. The summed E-state index contributed by atoms with van der Waals surface area (Å²) in [7, 11) is 1.94. The van der Waals surface area contributed by atoms with Crippen LogP contribution in [0, 0.1) is 5.95 Å². The molecule has 0 fully saturated rings. The molecule has 0 unspecified atom stereocenters. The van der Waals surface area contributed by atoms with Crippen molar-refractivity contribution in [3.05, 3.63) is 77.1 Å². The Morgan fingerprint density at radius 2 is 2.00 bits per heavy atom. The van der Waals surface area contributed by atoms with Crippen LogP contribution >= 0.6 is 0 Å². The SMILES string of the molecule is CC(=O)N(Cc1nn(C)c2c1CN(Cc1cccnc1F)CC2)c1ccccc1. The molecule has 1 aromatic carbocycles. The molecule has 6 nitrogen and oxygen atoms in total. The van der Waals surface area contributed by atoms with Gasteiger partial charge in [-0.25, -0.2) is 4.98 Å². The molecule has 3 heterocycles. The number of hydrogen-bond donors (Lipinski definition) is 0. The zero-order valence-corrected chi connectivity index (χ0v) is 16.7. The fourth-order valence-electron chi connectivity index (χ4n) is 3.91. The van der Waals surface area contributed by atoms with E-state index in [0.29, 0.717) is 25.2 Å². The van der Waals surface area contributed by atoms with Crippen molar-refractivity contribution < 1.29 is 9.18 Å². The van der Waals surface area contributed by atoms with Crippen molar-refractivity contribution in [2.75, 3.05) is 11.4 Å². The van der Waals surface area contributed by atoms with E-state index in [2.05, 4.69) is 9.88 Å². The Balaban J connectivity index is 1.58. The number of fused-ring (bicyclic) bond motifs is 1. The van der Waals surface area contributed by atoms with Crippen LogP contribution in [0.25, 0.3) is 0 Å². The van der Waals surface area contributed by atoms with Crippen LogP contribution in [0.5, 0.6) is 0 Å². The molecule has 0 spiro atoms. The van der Waals surface area contributed by atoms with Crippen LogP contribution in [0.15, 0.2) is 48.7 Å². The van der Waals surface area contributed by atoms with Gasteiger partial charge in [0.25, 0.3) is 0 Å². The van der Waals surface area contributed by atoms with Gasteiger partial charge in [0.1, 0.15) is 0 Å². The van der Waals surface area contributed by atoms with Crippen LogP contribution < -0.4 is 4.90 Å². The van der Waals surface area contributed by atoms with E-state index in [1.165, 1.54) is 11.9 Å². The number of anilines is 1. The molecular formula is C22H24FN5O. The molecule has 29 heavy (non-hydrogen) atoms. The van der Waals surface area contributed by atoms with Crippen LogP contribution in [-0.2, 0) is 37.9 Å². The third-order valence-electron chi connectivity index (χ3n) is 5.39. The molecule has 1 aliphatic heterocycles. The van der Waals surface area contributed by atoms with Crippen molar-refractivity contribution in [1.82, 2.24) is 19.7 Å². The first-order chi connectivity index (χ1) is 14.0. The lowest BCUT2D eigenvalue weighted by atomic mass is 10.0. The maximum absolute atomic E-state index is 14.0. The van der Waals surface area contributed by atoms with Gasteiger partial charge in [0, 0.05) is 68.7 Å². The molecular weight excluding hydrogens is 369 g/mol. The van der Waals surface area contributed by atoms with Gasteiger partial charge in [0.2, 0.25) is 11.9 Å². The van der Waals surface area contributed by atoms with Crippen LogP contribution in [0.1, 0.15) is 29.4 Å². The Morgan fingerprint density at radius 3 is 2.72 bits per heavy atom.